The van der Waals surface area contributed by atoms with Gasteiger partial charge in [0, 0.05) is 47.7 Å². The Hall–Kier alpha value is -2.12. The molecule has 3 unspecified atom stereocenters. The maximum atomic E-state index is 6.23. The maximum Gasteiger partial charge on any atom is 0.136 e. The minimum atomic E-state index is 0. The van der Waals surface area contributed by atoms with Crippen molar-refractivity contribution in [3.63, 3.8) is 0 Å². The van der Waals surface area contributed by atoms with Crippen LogP contribution in [0.25, 0.3) is 11.1 Å². The molecule has 2 saturated heterocycles. The van der Waals surface area contributed by atoms with E-state index in [1.807, 2.05) is 20.0 Å². The van der Waals surface area contributed by atoms with Crippen molar-refractivity contribution in [1.82, 2.24) is 20.3 Å². The topological polar surface area (TPSA) is 177 Å². The molecule has 0 aliphatic carbocycles. The van der Waals surface area contributed by atoms with Crippen LogP contribution in [0, 0.1) is 11.8 Å². The number of rotatable bonds is 2. The maximum absolute atomic E-state index is 6.23. The number of aromatic nitrogens is 3. The van der Waals surface area contributed by atoms with Gasteiger partial charge in [-0.2, -0.15) is 0 Å². The number of halogens is 1. The molecule has 0 saturated carbocycles. The van der Waals surface area contributed by atoms with Gasteiger partial charge in [-0.1, -0.05) is 11.6 Å². The summed E-state index contributed by atoms with van der Waals surface area (Å²) in [5.74, 6) is 5.92. The van der Waals surface area contributed by atoms with Crippen molar-refractivity contribution in [2.24, 2.45) is 0 Å². The highest BCUT2D eigenvalue weighted by Gasteiger charge is 2.39. The van der Waals surface area contributed by atoms with Crippen LogP contribution in [0.3, 0.4) is 0 Å². The number of hydrogen-bond donors (Lipinski definition) is 1. The van der Waals surface area contributed by atoms with E-state index in [1.54, 1.807) is 12.4 Å². The molecule has 2 bridgehead atoms. The zero-order valence-corrected chi connectivity index (χ0v) is 16.7. The van der Waals surface area contributed by atoms with Gasteiger partial charge in [0.2, 0.25) is 0 Å². The highest BCUT2D eigenvalue weighted by atomic mass is 35.5. The molecule has 2 fully saturated rings. The number of nitrogens with one attached hydrogen (secondary N) is 1. The lowest BCUT2D eigenvalue weighted by molar-refractivity contribution is 0.505. The summed E-state index contributed by atoms with van der Waals surface area (Å²) in [7, 11) is 0. The van der Waals surface area contributed by atoms with Crippen LogP contribution in [-0.4, -0.2) is 48.9 Å². The third-order valence-electron chi connectivity index (χ3n) is 4.71. The quantitative estimate of drug-likeness (QED) is 0.558. The fourth-order valence-corrected chi connectivity index (χ4v) is 3.71. The second-order valence-electron chi connectivity index (χ2n) is 6.12. The second-order valence-corrected chi connectivity index (χ2v) is 6.48. The van der Waals surface area contributed by atoms with Crippen molar-refractivity contribution in [3.05, 3.63) is 41.7 Å². The molecule has 156 valence electrons. The predicted octanol–water partition coefficient (Wildman–Crippen LogP) is 0.531. The third kappa shape index (κ3) is 6.21. The molecule has 2 aromatic rings. The molecule has 2 aliphatic heterocycles. The number of fused-ring (bicyclic) bond motifs is 2. The third-order valence-corrected chi connectivity index (χ3v) is 5.01. The van der Waals surface area contributed by atoms with Crippen molar-refractivity contribution in [1.29, 1.82) is 0 Å². The van der Waals surface area contributed by atoms with E-state index in [-0.39, 0.29) is 21.9 Å². The monoisotopic (exact) mass is 412 g/mol. The van der Waals surface area contributed by atoms with Crippen molar-refractivity contribution in [2.45, 2.75) is 51.1 Å². The molecule has 0 spiro atoms. The first kappa shape index (κ1) is 28.1. The summed E-state index contributed by atoms with van der Waals surface area (Å²) in [6.07, 6.45) is 10.8. The van der Waals surface area contributed by atoms with Gasteiger partial charge in [0.15, 0.2) is 0 Å². The van der Waals surface area contributed by atoms with E-state index in [1.165, 1.54) is 31.2 Å². The van der Waals surface area contributed by atoms with Crippen molar-refractivity contribution >= 4 is 11.6 Å². The first-order valence-electron chi connectivity index (χ1n) is 8.23. The van der Waals surface area contributed by atoms with E-state index >= 15 is 0 Å². The van der Waals surface area contributed by atoms with Crippen LogP contribution in [0.1, 0.15) is 44.6 Å². The molecule has 0 amide bonds. The molecule has 0 aromatic carbocycles. The fourth-order valence-electron chi connectivity index (χ4n) is 3.50. The molecule has 4 rings (SSSR count). The van der Waals surface area contributed by atoms with Crippen LogP contribution in [0.15, 0.2) is 31.0 Å². The summed E-state index contributed by atoms with van der Waals surface area (Å²) in [5.41, 5.74) is 3.11. The minimum absolute atomic E-state index is 0. The Morgan fingerprint density at radius 3 is 2.14 bits per heavy atom. The molecule has 2 aliphatic rings. The van der Waals surface area contributed by atoms with Crippen LogP contribution in [0.4, 0.5) is 0 Å². The van der Waals surface area contributed by atoms with Gasteiger partial charge in [-0.25, -0.2) is 15.0 Å². The van der Waals surface area contributed by atoms with Gasteiger partial charge in [0.05, 0.1) is 0 Å². The highest BCUT2D eigenvalue weighted by Crippen LogP contribution is 2.41. The average molecular weight is 413 g/mol. The lowest BCUT2D eigenvalue weighted by atomic mass is 9.84. The normalized spacial score (nSPS) is 20.5. The molecule has 9 N–H and O–H groups in total. The summed E-state index contributed by atoms with van der Waals surface area (Å²) in [6.45, 7) is 3.64. The molecule has 3 atom stereocenters. The summed E-state index contributed by atoms with van der Waals surface area (Å²) >= 11 is 6.23. The fraction of sp³-hybridized carbons (Fsp3) is 0.421. The van der Waals surface area contributed by atoms with E-state index in [2.05, 4.69) is 38.2 Å². The van der Waals surface area contributed by atoms with Crippen LogP contribution < -0.4 is 5.32 Å². The lowest BCUT2D eigenvalue weighted by Gasteiger charge is -2.21. The van der Waals surface area contributed by atoms with Crippen molar-refractivity contribution in [3.8, 4) is 23.0 Å². The Labute approximate surface area is 170 Å². The van der Waals surface area contributed by atoms with Crippen LogP contribution >= 0.6 is 11.6 Å². The van der Waals surface area contributed by atoms with E-state index in [4.69, 9.17) is 11.6 Å². The molecule has 2 aromatic heterocycles. The molecule has 4 heterocycles. The first-order valence-corrected chi connectivity index (χ1v) is 8.61. The Morgan fingerprint density at radius 1 is 1.00 bits per heavy atom. The second kappa shape index (κ2) is 13.1. The minimum Gasteiger partial charge on any atom is -0.412 e. The van der Waals surface area contributed by atoms with Gasteiger partial charge in [-0.15, -0.1) is 11.8 Å². The van der Waals surface area contributed by atoms with Gasteiger partial charge in [-0.3, -0.25) is 0 Å². The van der Waals surface area contributed by atoms with Gasteiger partial charge in [0.25, 0.3) is 0 Å². The molecule has 0 radical (unpaired) electrons. The SMILES string of the molecule is CC#CC.Clc1ncc(C2CC3CCC2N3)cc1-c1cncnc1.O.O.O.O. The molecular weight excluding hydrogens is 384 g/mol. The Kier molecular flexibility index (Phi) is 13.2. The Morgan fingerprint density at radius 2 is 1.64 bits per heavy atom. The van der Waals surface area contributed by atoms with Crippen molar-refractivity contribution in [2.75, 3.05) is 0 Å². The zero-order valence-electron chi connectivity index (χ0n) is 16.0. The van der Waals surface area contributed by atoms with Crippen LogP contribution in [0.5, 0.6) is 0 Å². The molecule has 28 heavy (non-hydrogen) atoms. The molecule has 9 heteroatoms. The van der Waals surface area contributed by atoms with Gasteiger partial charge in [0.1, 0.15) is 11.5 Å². The summed E-state index contributed by atoms with van der Waals surface area (Å²) < 4.78 is 0. The van der Waals surface area contributed by atoms with E-state index < -0.39 is 0 Å². The lowest BCUT2D eigenvalue weighted by Crippen LogP contribution is -2.21. The molecule has 8 nitrogen and oxygen atoms in total. The summed E-state index contributed by atoms with van der Waals surface area (Å²) in [4.78, 5) is 12.5. The number of hydrogen-bond acceptors (Lipinski definition) is 4. The number of pyridine rings is 1. The largest absolute Gasteiger partial charge is 0.412 e. The summed E-state index contributed by atoms with van der Waals surface area (Å²) in [6, 6.07) is 3.44. The first-order chi connectivity index (χ1) is 11.7. The van der Waals surface area contributed by atoms with Crippen molar-refractivity contribution < 1.29 is 21.9 Å². The summed E-state index contributed by atoms with van der Waals surface area (Å²) in [5, 5.41) is 4.18. The van der Waals surface area contributed by atoms with E-state index in [0.717, 1.165) is 11.1 Å². The van der Waals surface area contributed by atoms with Gasteiger partial charge in [-0.05, 0) is 44.7 Å². The highest BCUT2D eigenvalue weighted by molar-refractivity contribution is 6.32. The van der Waals surface area contributed by atoms with E-state index in [0.29, 0.717) is 23.2 Å². The Balaban J connectivity index is 0. The predicted molar refractivity (Wildman–Crippen MR) is 111 cm³/mol. The zero-order chi connectivity index (χ0) is 16.9. The standard InChI is InChI=1S/C15H15ClN4.C4H6.4H2O/c16-15-13(10-5-17-8-18-6-10)3-9(7-19-15)12-4-11-1-2-14(12)20-11;1-3-4-2;;;;/h3,5-8,11-12,14,20H,1-2,4H2;1-2H3;4*1H2. The Bertz CT molecular complexity index is 762. The molecular formula is C19H29ClN4O4. The number of nitrogens with zero attached hydrogens (tertiary/aromatic N) is 3. The smallest absolute Gasteiger partial charge is 0.136 e. The van der Waals surface area contributed by atoms with Crippen LogP contribution in [0.2, 0.25) is 5.15 Å². The average Bonchev–Trinajstić information content (AvgIpc) is 3.26. The van der Waals surface area contributed by atoms with Gasteiger partial charge < -0.3 is 27.2 Å². The van der Waals surface area contributed by atoms with E-state index in [9.17, 15) is 0 Å². The van der Waals surface area contributed by atoms with Crippen LogP contribution in [-0.2, 0) is 0 Å². The van der Waals surface area contributed by atoms with Gasteiger partial charge >= 0.3 is 0 Å².